The van der Waals surface area contributed by atoms with Crippen molar-refractivity contribution < 1.29 is 34.8 Å². The van der Waals surface area contributed by atoms with Gasteiger partial charge in [0.1, 0.15) is 5.71 Å². The van der Waals surface area contributed by atoms with Crippen LogP contribution in [0, 0.1) is 0 Å². The highest BCUT2D eigenvalue weighted by molar-refractivity contribution is 7.91. The second kappa shape index (κ2) is 6.77. The van der Waals surface area contributed by atoms with E-state index < -0.39 is 45.3 Å². The summed E-state index contributed by atoms with van der Waals surface area (Å²) < 4.78 is 101. The lowest BCUT2D eigenvalue weighted by atomic mass is 10.1. The fourth-order valence-electron chi connectivity index (χ4n) is 1.63. The van der Waals surface area contributed by atoms with E-state index >= 15 is 0 Å². The second-order valence-corrected chi connectivity index (χ2v) is 6.66. The lowest BCUT2D eigenvalue weighted by Crippen LogP contribution is -2.53. The topological polar surface area (TPSA) is 72.5 Å². The third kappa shape index (κ3) is 4.36. The molecule has 0 aliphatic rings. The molecule has 1 aromatic rings. The van der Waals surface area contributed by atoms with Gasteiger partial charge in [0.05, 0.1) is 11.5 Å². The van der Waals surface area contributed by atoms with Gasteiger partial charge in [-0.25, -0.2) is 17.2 Å². The Morgan fingerprint density at radius 1 is 1.13 bits per heavy atom. The van der Waals surface area contributed by atoms with Crippen molar-refractivity contribution in [1.82, 2.24) is 0 Å². The standard InChI is InChI=1S/C12H12F6N2O2S/c13-10(14)12(17,18)11(15,16)9(20-19)7-23(21,22)6-8-4-2-1-3-5-8/h1-5,10H,6-7,19H2/b20-9-. The largest absolute Gasteiger partial charge is 0.374 e. The first kappa shape index (κ1) is 19.3. The molecule has 0 bridgehead atoms. The summed E-state index contributed by atoms with van der Waals surface area (Å²) in [5.41, 5.74) is -1.83. The Balaban J connectivity index is 3.04. The number of benzene rings is 1. The molecule has 0 spiro atoms. The maximum atomic E-state index is 13.5. The molecule has 23 heavy (non-hydrogen) atoms. The van der Waals surface area contributed by atoms with Crippen molar-refractivity contribution in [2.24, 2.45) is 10.9 Å². The summed E-state index contributed by atoms with van der Waals surface area (Å²) in [6.07, 6.45) is -4.72. The van der Waals surface area contributed by atoms with Crippen LogP contribution in [0.1, 0.15) is 5.56 Å². The van der Waals surface area contributed by atoms with Gasteiger partial charge < -0.3 is 5.84 Å². The first-order valence-electron chi connectivity index (χ1n) is 5.99. The highest BCUT2D eigenvalue weighted by Crippen LogP contribution is 2.40. The highest BCUT2D eigenvalue weighted by atomic mass is 32.2. The van der Waals surface area contributed by atoms with Crippen LogP contribution in [0.15, 0.2) is 35.4 Å². The first-order chi connectivity index (χ1) is 10.4. The van der Waals surface area contributed by atoms with Crippen molar-refractivity contribution in [2.75, 3.05) is 5.75 Å². The zero-order valence-corrected chi connectivity index (χ0v) is 12.2. The van der Waals surface area contributed by atoms with Gasteiger partial charge in [0.2, 0.25) is 0 Å². The van der Waals surface area contributed by atoms with Crippen LogP contribution < -0.4 is 5.84 Å². The van der Waals surface area contributed by atoms with Crippen LogP contribution in [0.2, 0.25) is 0 Å². The minimum Gasteiger partial charge on any atom is -0.323 e. The van der Waals surface area contributed by atoms with E-state index in [4.69, 9.17) is 0 Å². The molecule has 0 amide bonds. The lowest BCUT2D eigenvalue weighted by Gasteiger charge is -2.26. The Morgan fingerprint density at radius 2 is 1.65 bits per heavy atom. The van der Waals surface area contributed by atoms with Gasteiger partial charge in [-0.2, -0.15) is 22.7 Å². The van der Waals surface area contributed by atoms with E-state index in [0.29, 0.717) is 0 Å². The molecule has 0 heterocycles. The fraction of sp³-hybridized carbons (Fsp3) is 0.417. The minimum absolute atomic E-state index is 0.202. The Kier molecular flexibility index (Phi) is 5.67. The molecule has 0 unspecified atom stereocenters. The first-order valence-corrected chi connectivity index (χ1v) is 7.81. The van der Waals surface area contributed by atoms with Crippen LogP contribution in [0.4, 0.5) is 26.3 Å². The maximum absolute atomic E-state index is 13.5. The molecule has 11 heteroatoms. The van der Waals surface area contributed by atoms with E-state index in [1.165, 1.54) is 24.3 Å². The molecule has 0 fully saturated rings. The van der Waals surface area contributed by atoms with Gasteiger partial charge in [-0.15, -0.1) is 0 Å². The summed E-state index contributed by atoms with van der Waals surface area (Å²) in [6, 6.07) is 7.25. The summed E-state index contributed by atoms with van der Waals surface area (Å²) >= 11 is 0. The van der Waals surface area contributed by atoms with Crippen LogP contribution >= 0.6 is 0 Å². The zero-order chi connectivity index (χ0) is 17.9. The van der Waals surface area contributed by atoms with Crippen molar-refractivity contribution in [3.63, 3.8) is 0 Å². The van der Waals surface area contributed by atoms with Gasteiger partial charge in [-0.1, -0.05) is 30.3 Å². The van der Waals surface area contributed by atoms with Crippen molar-refractivity contribution >= 4 is 15.5 Å². The monoisotopic (exact) mass is 362 g/mol. The molecule has 1 rings (SSSR count). The zero-order valence-electron chi connectivity index (χ0n) is 11.4. The van der Waals surface area contributed by atoms with Crippen LogP contribution in [0.5, 0.6) is 0 Å². The predicted octanol–water partition coefficient (Wildman–Crippen LogP) is 2.45. The molecule has 0 atom stereocenters. The van der Waals surface area contributed by atoms with Crippen molar-refractivity contribution in [3.05, 3.63) is 35.9 Å². The van der Waals surface area contributed by atoms with Crippen molar-refractivity contribution in [3.8, 4) is 0 Å². The van der Waals surface area contributed by atoms with Crippen molar-refractivity contribution in [1.29, 1.82) is 0 Å². The molecule has 2 N–H and O–H groups in total. The normalized spacial score (nSPS) is 14.3. The van der Waals surface area contributed by atoms with E-state index in [2.05, 4.69) is 10.9 Å². The van der Waals surface area contributed by atoms with Gasteiger partial charge in [0.15, 0.2) is 9.84 Å². The molecule has 130 valence electrons. The Hall–Kier alpha value is -1.78. The van der Waals surface area contributed by atoms with Gasteiger partial charge in [0, 0.05) is 0 Å². The predicted molar refractivity (Wildman–Crippen MR) is 71.5 cm³/mol. The number of sulfone groups is 1. The molecular weight excluding hydrogens is 350 g/mol. The summed E-state index contributed by atoms with van der Waals surface area (Å²) in [7, 11) is -4.38. The van der Waals surface area contributed by atoms with Crippen LogP contribution in [-0.4, -0.2) is 38.2 Å². The SMILES string of the molecule is N/N=C(/CS(=O)(=O)Cc1ccccc1)C(F)(F)C(F)(F)C(F)F. The summed E-state index contributed by atoms with van der Waals surface area (Å²) in [4.78, 5) is 0. The molecule has 4 nitrogen and oxygen atoms in total. The number of halogens is 6. The van der Waals surface area contributed by atoms with Gasteiger partial charge >= 0.3 is 18.3 Å². The van der Waals surface area contributed by atoms with Crippen LogP contribution in [-0.2, 0) is 15.6 Å². The third-order valence-corrected chi connectivity index (χ3v) is 4.28. The Morgan fingerprint density at radius 3 is 2.09 bits per heavy atom. The molecular formula is C12H12F6N2O2S. The van der Waals surface area contributed by atoms with E-state index in [1.807, 2.05) is 0 Å². The van der Waals surface area contributed by atoms with E-state index in [9.17, 15) is 34.8 Å². The smallest absolute Gasteiger partial charge is 0.323 e. The molecule has 0 aliphatic carbocycles. The lowest BCUT2D eigenvalue weighted by molar-refractivity contribution is -0.232. The molecule has 0 saturated carbocycles. The summed E-state index contributed by atoms with van der Waals surface area (Å²) in [5.74, 6) is -9.21. The third-order valence-electron chi connectivity index (χ3n) is 2.80. The average Bonchev–Trinajstić information content (AvgIpc) is 2.44. The van der Waals surface area contributed by atoms with Gasteiger partial charge in [-0.3, -0.25) is 0 Å². The van der Waals surface area contributed by atoms with E-state index in [-0.39, 0.29) is 5.56 Å². The van der Waals surface area contributed by atoms with E-state index in [1.54, 1.807) is 6.07 Å². The number of alkyl halides is 6. The van der Waals surface area contributed by atoms with Gasteiger partial charge in [0.25, 0.3) is 0 Å². The minimum atomic E-state index is -5.80. The summed E-state index contributed by atoms with van der Waals surface area (Å²) in [6.45, 7) is 0. The number of hydrogen-bond donors (Lipinski definition) is 1. The second-order valence-electron chi connectivity index (χ2n) is 4.59. The van der Waals surface area contributed by atoms with Crippen LogP contribution in [0.25, 0.3) is 0 Å². The molecule has 0 aromatic heterocycles. The van der Waals surface area contributed by atoms with E-state index in [0.717, 1.165) is 0 Å². The fourth-order valence-corrected chi connectivity index (χ4v) is 3.10. The quantitative estimate of drug-likeness (QED) is 0.351. The number of nitrogens with two attached hydrogens (primary N) is 1. The number of hydrazone groups is 1. The molecule has 0 aliphatic heterocycles. The molecule has 1 aromatic carbocycles. The molecule has 0 saturated heterocycles. The van der Waals surface area contributed by atoms with Crippen LogP contribution in [0.3, 0.4) is 0 Å². The number of rotatable bonds is 7. The Labute approximate surface area is 127 Å². The maximum Gasteiger partial charge on any atom is 0.374 e. The summed E-state index contributed by atoms with van der Waals surface area (Å²) in [5, 5.41) is 2.31. The Bertz CT molecular complexity index is 661. The van der Waals surface area contributed by atoms with Crippen molar-refractivity contribution in [2.45, 2.75) is 24.0 Å². The number of hydrogen-bond acceptors (Lipinski definition) is 4. The van der Waals surface area contributed by atoms with Gasteiger partial charge in [-0.05, 0) is 5.56 Å². The number of nitrogens with zero attached hydrogens (tertiary/aromatic N) is 1. The highest BCUT2D eigenvalue weighted by Gasteiger charge is 2.66. The molecule has 0 radical (unpaired) electrons. The average molecular weight is 362 g/mol.